The second-order valence-electron chi connectivity index (χ2n) is 8.95. The average molecular weight is 410 g/mol. The zero-order valence-electron chi connectivity index (χ0n) is 18.1. The quantitative estimate of drug-likeness (QED) is 0.568. The molecular weight excluding hydrogens is 381 g/mol. The Balaban J connectivity index is 1.79. The first-order chi connectivity index (χ1) is 14.1. The molecule has 0 saturated carbocycles. The van der Waals surface area contributed by atoms with Crippen molar-refractivity contribution in [3.8, 4) is 11.4 Å². The highest BCUT2D eigenvalue weighted by Crippen LogP contribution is 2.25. The predicted molar refractivity (Wildman–Crippen MR) is 114 cm³/mol. The highest BCUT2D eigenvalue weighted by atomic mass is 19.1. The monoisotopic (exact) mass is 409 g/mol. The lowest BCUT2D eigenvalue weighted by atomic mass is 9.86. The third kappa shape index (κ3) is 5.32. The molecule has 3 aromatic rings. The van der Waals surface area contributed by atoms with Gasteiger partial charge in [0.1, 0.15) is 11.9 Å². The van der Waals surface area contributed by atoms with Gasteiger partial charge in [-0.05, 0) is 59.7 Å². The highest BCUT2D eigenvalue weighted by Gasteiger charge is 2.24. The lowest BCUT2D eigenvalue weighted by Crippen LogP contribution is -2.30. The molecule has 1 heterocycles. The van der Waals surface area contributed by atoms with Gasteiger partial charge in [0.25, 0.3) is 5.91 Å². The first kappa shape index (κ1) is 21.7. The first-order valence-corrected chi connectivity index (χ1v) is 10.1. The van der Waals surface area contributed by atoms with Gasteiger partial charge in [-0.25, -0.2) is 4.39 Å². The molecule has 158 valence electrons. The molecule has 0 aliphatic rings. The van der Waals surface area contributed by atoms with Gasteiger partial charge >= 0.3 is 0 Å². The van der Waals surface area contributed by atoms with E-state index in [-0.39, 0.29) is 17.1 Å². The third-order valence-corrected chi connectivity index (χ3v) is 4.87. The smallest absolute Gasteiger partial charge is 0.251 e. The Hall–Kier alpha value is -3.02. The number of halogens is 1. The number of amides is 1. The minimum atomic E-state index is -0.415. The van der Waals surface area contributed by atoms with E-state index in [0.29, 0.717) is 35.2 Å². The van der Waals surface area contributed by atoms with E-state index in [1.165, 1.54) is 17.7 Å². The second-order valence-corrected chi connectivity index (χ2v) is 8.95. The maximum absolute atomic E-state index is 13.2. The summed E-state index contributed by atoms with van der Waals surface area (Å²) in [5.74, 6) is 0.484. The van der Waals surface area contributed by atoms with E-state index in [0.717, 1.165) is 0 Å². The van der Waals surface area contributed by atoms with Crippen LogP contribution >= 0.6 is 0 Å². The number of nitrogens with one attached hydrogen (secondary N) is 1. The molecule has 2 aromatic carbocycles. The van der Waals surface area contributed by atoms with E-state index in [4.69, 9.17) is 4.52 Å². The van der Waals surface area contributed by atoms with Crippen molar-refractivity contribution in [3.05, 3.63) is 71.4 Å². The molecule has 0 fully saturated rings. The molecule has 0 spiro atoms. The minimum absolute atomic E-state index is 0.0235. The lowest BCUT2D eigenvalue weighted by molar-refractivity contribution is 0.0922. The lowest BCUT2D eigenvalue weighted by Gasteiger charge is -2.20. The Morgan fingerprint density at radius 3 is 2.27 bits per heavy atom. The minimum Gasteiger partial charge on any atom is -0.340 e. The Kier molecular flexibility index (Phi) is 6.34. The van der Waals surface area contributed by atoms with Crippen LogP contribution in [0.1, 0.15) is 68.9 Å². The summed E-state index contributed by atoms with van der Waals surface area (Å²) in [5.41, 5.74) is 2.42. The third-order valence-electron chi connectivity index (χ3n) is 4.87. The summed E-state index contributed by atoms with van der Waals surface area (Å²) in [6.45, 7) is 10.5. The molecule has 0 radical (unpaired) electrons. The Bertz CT molecular complexity index is 987. The number of hydrogen-bond acceptors (Lipinski definition) is 4. The van der Waals surface area contributed by atoms with E-state index in [1.54, 1.807) is 12.1 Å². The van der Waals surface area contributed by atoms with Gasteiger partial charge in [-0.3, -0.25) is 4.79 Å². The van der Waals surface area contributed by atoms with Crippen LogP contribution in [-0.4, -0.2) is 16.0 Å². The molecule has 6 heteroatoms. The van der Waals surface area contributed by atoms with Crippen LogP contribution in [0.25, 0.3) is 11.4 Å². The number of hydrogen-bond donors (Lipinski definition) is 1. The normalized spacial score (nSPS) is 12.8. The second kappa shape index (κ2) is 8.78. The molecule has 0 saturated heterocycles. The Morgan fingerprint density at radius 1 is 1.07 bits per heavy atom. The van der Waals surface area contributed by atoms with Crippen molar-refractivity contribution < 1.29 is 13.7 Å². The van der Waals surface area contributed by atoms with Crippen molar-refractivity contribution in [2.24, 2.45) is 5.92 Å². The average Bonchev–Trinajstić information content (AvgIpc) is 3.17. The van der Waals surface area contributed by atoms with E-state index in [2.05, 4.69) is 50.1 Å². The van der Waals surface area contributed by atoms with Crippen LogP contribution in [0.15, 0.2) is 53.1 Å². The number of rotatable bonds is 6. The topological polar surface area (TPSA) is 68.0 Å². The molecule has 5 nitrogen and oxygen atoms in total. The molecule has 1 aromatic heterocycles. The van der Waals surface area contributed by atoms with Gasteiger partial charge in [-0.2, -0.15) is 4.98 Å². The molecule has 1 amide bonds. The molecule has 30 heavy (non-hydrogen) atoms. The van der Waals surface area contributed by atoms with Crippen molar-refractivity contribution in [3.63, 3.8) is 0 Å². The van der Waals surface area contributed by atoms with Crippen LogP contribution in [0.5, 0.6) is 0 Å². The number of aromatic nitrogens is 2. The van der Waals surface area contributed by atoms with Crippen molar-refractivity contribution in [2.75, 3.05) is 0 Å². The van der Waals surface area contributed by atoms with Crippen LogP contribution in [-0.2, 0) is 5.41 Å². The van der Waals surface area contributed by atoms with Crippen LogP contribution in [0.2, 0.25) is 0 Å². The van der Waals surface area contributed by atoms with Crippen LogP contribution in [0, 0.1) is 11.7 Å². The van der Waals surface area contributed by atoms with Crippen LogP contribution in [0.4, 0.5) is 4.39 Å². The fraction of sp³-hybridized carbons (Fsp3) is 0.375. The zero-order chi connectivity index (χ0) is 21.9. The maximum atomic E-state index is 13.2. The van der Waals surface area contributed by atoms with Crippen molar-refractivity contribution in [2.45, 2.75) is 52.5 Å². The van der Waals surface area contributed by atoms with E-state index in [1.807, 2.05) is 24.3 Å². The predicted octanol–water partition coefficient (Wildman–Crippen LogP) is 5.69. The largest absolute Gasteiger partial charge is 0.340 e. The Morgan fingerprint density at radius 2 is 1.70 bits per heavy atom. The van der Waals surface area contributed by atoms with E-state index < -0.39 is 6.04 Å². The molecular formula is C24H28FN3O2. The molecule has 0 bridgehead atoms. The van der Waals surface area contributed by atoms with Gasteiger partial charge in [0.15, 0.2) is 0 Å². The summed E-state index contributed by atoms with van der Waals surface area (Å²) in [5, 5.41) is 7.02. The summed E-state index contributed by atoms with van der Waals surface area (Å²) in [4.78, 5) is 17.3. The van der Waals surface area contributed by atoms with Gasteiger partial charge in [0.2, 0.25) is 11.7 Å². The molecule has 3 rings (SSSR count). The summed E-state index contributed by atoms with van der Waals surface area (Å²) < 4.78 is 18.6. The Labute approximate surface area is 176 Å². The fourth-order valence-corrected chi connectivity index (χ4v) is 3.15. The van der Waals surface area contributed by atoms with Crippen molar-refractivity contribution >= 4 is 5.91 Å². The molecule has 0 unspecified atom stereocenters. The summed E-state index contributed by atoms with van der Waals surface area (Å²) >= 11 is 0. The van der Waals surface area contributed by atoms with E-state index in [9.17, 15) is 9.18 Å². The van der Waals surface area contributed by atoms with E-state index >= 15 is 0 Å². The van der Waals surface area contributed by atoms with Crippen molar-refractivity contribution in [1.29, 1.82) is 0 Å². The molecule has 0 aliphatic heterocycles. The number of carbonyl (C=O) groups excluding carboxylic acids is 1. The standard InChI is InChI=1S/C24H28FN3O2/c1-15(2)14-20(23-27-21(28-30-23)16-8-12-19(25)13-9-16)26-22(29)17-6-10-18(11-7-17)24(3,4)5/h6-13,15,20H,14H2,1-5H3,(H,26,29)/t20-/m0/s1. The first-order valence-electron chi connectivity index (χ1n) is 10.1. The van der Waals surface area contributed by atoms with Gasteiger partial charge in [-0.1, -0.05) is 51.9 Å². The number of carbonyl (C=O) groups is 1. The summed E-state index contributed by atoms with van der Waals surface area (Å²) in [6, 6.07) is 13.1. The highest BCUT2D eigenvalue weighted by molar-refractivity contribution is 5.94. The molecule has 0 aliphatic carbocycles. The fourth-order valence-electron chi connectivity index (χ4n) is 3.15. The molecule has 1 N–H and O–H groups in total. The van der Waals surface area contributed by atoms with Gasteiger partial charge < -0.3 is 9.84 Å². The SMILES string of the molecule is CC(C)C[C@H](NC(=O)c1ccc(C(C)(C)C)cc1)c1nc(-c2ccc(F)cc2)no1. The summed E-state index contributed by atoms with van der Waals surface area (Å²) in [6.07, 6.45) is 0.650. The zero-order valence-corrected chi connectivity index (χ0v) is 18.1. The van der Waals surface area contributed by atoms with Gasteiger partial charge in [-0.15, -0.1) is 0 Å². The molecule has 1 atom stereocenters. The van der Waals surface area contributed by atoms with Crippen molar-refractivity contribution in [1.82, 2.24) is 15.5 Å². The van der Waals surface area contributed by atoms with Crippen LogP contribution < -0.4 is 5.32 Å². The maximum Gasteiger partial charge on any atom is 0.251 e. The number of benzene rings is 2. The van der Waals surface area contributed by atoms with Gasteiger partial charge in [0.05, 0.1) is 0 Å². The summed E-state index contributed by atoms with van der Waals surface area (Å²) in [7, 11) is 0. The number of nitrogens with zero attached hydrogens (tertiary/aromatic N) is 2. The van der Waals surface area contributed by atoms with Crippen LogP contribution in [0.3, 0.4) is 0 Å². The van der Waals surface area contributed by atoms with Gasteiger partial charge in [0, 0.05) is 11.1 Å².